The van der Waals surface area contributed by atoms with Crippen LogP contribution < -0.4 is 9.64 Å². The van der Waals surface area contributed by atoms with E-state index in [0.717, 1.165) is 57.8 Å². The Morgan fingerprint density at radius 2 is 1.77 bits per heavy atom. The molecule has 158 valence electrons. The molecule has 0 amide bonds. The van der Waals surface area contributed by atoms with Crippen LogP contribution in [-0.4, -0.2) is 55.4 Å². The van der Waals surface area contributed by atoms with Crippen molar-refractivity contribution in [3.05, 3.63) is 69.7 Å². The quantitative estimate of drug-likeness (QED) is 0.521. The van der Waals surface area contributed by atoms with E-state index in [2.05, 4.69) is 50.9 Å². The van der Waals surface area contributed by atoms with E-state index in [1.165, 1.54) is 5.69 Å². The lowest BCUT2D eigenvalue weighted by Crippen LogP contribution is -2.49. The summed E-state index contributed by atoms with van der Waals surface area (Å²) in [6.07, 6.45) is -0.523. The van der Waals surface area contributed by atoms with Crippen LogP contribution in [0.4, 0.5) is 5.69 Å². The zero-order valence-corrected chi connectivity index (χ0v) is 19.4. The van der Waals surface area contributed by atoms with Gasteiger partial charge in [0.1, 0.15) is 18.5 Å². The highest BCUT2D eigenvalue weighted by Gasteiger charge is 2.21. The number of hydrogen-bond donors (Lipinski definition) is 1. The molecule has 1 N–H and O–H groups in total. The molecule has 1 fully saturated rings. The normalized spacial score (nSPS) is 16.1. The minimum atomic E-state index is -0.523. The molecule has 6 heteroatoms. The van der Waals surface area contributed by atoms with Gasteiger partial charge in [-0.3, -0.25) is 4.90 Å². The molecule has 1 aliphatic rings. The van der Waals surface area contributed by atoms with Crippen LogP contribution in [0.1, 0.15) is 5.56 Å². The minimum Gasteiger partial charge on any atom is -0.491 e. The average molecular weight is 490 g/mol. The van der Waals surface area contributed by atoms with Gasteiger partial charge in [0, 0.05) is 47.9 Å². The standard InChI is InChI=1S/C24H26BrClN2O2/c1-17-23(26)3-2-4-24(17)28-11-9-27(10-12-28)15-21(29)16-30-22-8-6-18-13-20(25)7-5-19(18)14-22/h2-8,13-14,21,29H,9-12,15-16H2,1H3. The topological polar surface area (TPSA) is 35.9 Å². The molecule has 30 heavy (non-hydrogen) atoms. The molecule has 0 radical (unpaired) electrons. The van der Waals surface area contributed by atoms with Crippen molar-refractivity contribution in [2.75, 3.05) is 44.2 Å². The molecule has 0 aliphatic carbocycles. The predicted molar refractivity (Wildman–Crippen MR) is 128 cm³/mol. The lowest BCUT2D eigenvalue weighted by molar-refractivity contribution is 0.0663. The maximum atomic E-state index is 10.5. The zero-order valence-electron chi connectivity index (χ0n) is 17.0. The van der Waals surface area contributed by atoms with Gasteiger partial charge in [-0.05, 0) is 59.7 Å². The fourth-order valence-electron chi connectivity index (χ4n) is 3.94. The van der Waals surface area contributed by atoms with E-state index in [1.807, 2.05) is 36.4 Å². The Balaban J connectivity index is 1.26. The number of rotatable bonds is 6. The van der Waals surface area contributed by atoms with Crippen molar-refractivity contribution in [2.45, 2.75) is 13.0 Å². The van der Waals surface area contributed by atoms with Crippen LogP contribution in [-0.2, 0) is 0 Å². The third-order valence-corrected chi connectivity index (χ3v) is 6.54. The summed E-state index contributed by atoms with van der Waals surface area (Å²) < 4.78 is 6.91. The van der Waals surface area contributed by atoms with Gasteiger partial charge >= 0.3 is 0 Å². The van der Waals surface area contributed by atoms with Gasteiger partial charge in [0.15, 0.2) is 0 Å². The Morgan fingerprint density at radius 1 is 1.03 bits per heavy atom. The first-order valence-corrected chi connectivity index (χ1v) is 11.4. The number of nitrogens with zero attached hydrogens (tertiary/aromatic N) is 2. The van der Waals surface area contributed by atoms with E-state index in [-0.39, 0.29) is 6.61 Å². The molecule has 0 bridgehead atoms. The number of aliphatic hydroxyl groups excluding tert-OH is 1. The largest absolute Gasteiger partial charge is 0.491 e. The van der Waals surface area contributed by atoms with Gasteiger partial charge < -0.3 is 14.7 Å². The van der Waals surface area contributed by atoms with Crippen LogP contribution in [0.3, 0.4) is 0 Å². The smallest absolute Gasteiger partial charge is 0.120 e. The van der Waals surface area contributed by atoms with Crippen LogP contribution in [0, 0.1) is 6.92 Å². The van der Waals surface area contributed by atoms with Gasteiger partial charge in [-0.2, -0.15) is 0 Å². The molecule has 1 aliphatic heterocycles. The molecule has 4 rings (SSSR count). The highest BCUT2D eigenvalue weighted by molar-refractivity contribution is 9.10. The summed E-state index contributed by atoms with van der Waals surface area (Å²) >= 11 is 9.76. The van der Waals surface area contributed by atoms with Crippen LogP contribution in [0.2, 0.25) is 5.02 Å². The number of anilines is 1. The maximum absolute atomic E-state index is 10.5. The number of β-amino-alcohol motifs (C(OH)–C–C–N with tert-alkyl or cyclic N) is 1. The Labute approximate surface area is 191 Å². The highest BCUT2D eigenvalue weighted by Crippen LogP contribution is 2.27. The fourth-order valence-corrected chi connectivity index (χ4v) is 4.49. The summed E-state index contributed by atoms with van der Waals surface area (Å²) in [5.74, 6) is 0.783. The second-order valence-corrected chi connectivity index (χ2v) is 9.11. The lowest BCUT2D eigenvalue weighted by atomic mass is 10.1. The molecular weight excluding hydrogens is 464 g/mol. The first kappa shape index (κ1) is 21.4. The monoisotopic (exact) mass is 488 g/mol. The van der Waals surface area contributed by atoms with Crippen LogP contribution in [0.5, 0.6) is 5.75 Å². The summed E-state index contributed by atoms with van der Waals surface area (Å²) in [5.41, 5.74) is 2.33. The van der Waals surface area contributed by atoms with Gasteiger partial charge in [-0.25, -0.2) is 0 Å². The Morgan fingerprint density at radius 3 is 2.57 bits per heavy atom. The molecule has 1 unspecified atom stereocenters. The van der Waals surface area contributed by atoms with Crippen molar-refractivity contribution in [1.82, 2.24) is 4.90 Å². The van der Waals surface area contributed by atoms with Gasteiger partial charge in [-0.1, -0.05) is 45.7 Å². The summed E-state index contributed by atoms with van der Waals surface area (Å²) in [6.45, 7) is 6.64. The summed E-state index contributed by atoms with van der Waals surface area (Å²) in [5, 5.41) is 13.6. The lowest BCUT2D eigenvalue weighted by Gasteiger charge is -2.37. The Bertz CT molecular complexity index is 1020. The van der Waals surface area contributed by atoms with Gasteiger partial charge in [0.25, 0.3) is 0 Å². The van der Waals surface area contributed by atoms with Crippen molar-refractivity contribution in [3.63, 3.8) is 0 Å². The first-order valence-electron chi connectivity index (χ1n) is 10.2. The SMILES string of the molecule is Cc1c(Cl)cccc1N1CCN(CC(O)COc2ccc3cc(Br)ccc3c2)CC1. The van der Waals surface area contributed by atoms with Crippen molar-refractivity contribution in [2.24, 2.45) is 0 Å². The fraction of sp³-hybridized carbons (Fsp3) is 0.333. The number of piperazine rings is 1. The maximum Gasteiger partial charge on any atom is 0.120 e. The van der Waals surface area contributed by atoms with E-state index in [0.29, 0.717) is 6.54 Å². The molecule has 0 saturated carbocycles. The van der Waals surface area contributed by atoms with Gasteiger partial charge in [0.2, 0.25) is 0 Å². The summed E-state index contributed by atoms with van der Waals surface area (Å²) in [6, 6.07) is 18.2. The zero-order chi connectivity index (χ0) is 21.1. The third kappa shape index (κ3) is 5.09. The Hall–Kier alpha value is -1.79. The van der Waals surface area contributed by atoms with E-state index in [4.69, 9.17) is 16.3 Å². The second kappa shape index (κ2) is 9.56. The van der Waals surface area contributed by atoms with E-state index in [1.54, 1.807) is 0 Å². The molecule has 1 heterocycles. The minimum absolute atomic E-state index is 0.287. The molecule has 3 aromatic rings. The van der Waals surface area contributed by atoms with Crippen LogP contribution in [0.15, 0.2) is 59.1 Å². The number of ether oxygens (including phenoxy) is 1. The Kier molecular flexibility index (Phi) is 6.84. The number of hydrogen-bond acceptors (Lipinski definition) is 4. The highest BCUT2D eigenvalue weighted by atomic mass is 79.9. The molecule has 0 spiro atoms. The molecule has 1 atom stereocenters. The molecular formula is C24H26BrClN2O2. The van der Waals surface area contributed by atoms with Crippen molar-refractivity contribution < 1.29 is 9.84 Å². The summed E-state index contributed by atoms with van der Waals surface area (Å²) in [7, 11) is 0. The van der Waals surface area contributed by atoms with E-state index < -0.39 is 6.10 Å². The van der Waals surface area contributed by atoms with Crippen LogP contribution in [0.25, 0.3) is 10.8 Å². The average Bonchev–Trinajstić information content (AvgIpc) is 2.75. The van der Waals surface area contributed by atoms with Gasteiger partial charge in [-0.15, -0.1) is 0 Å². The molecule has 0 aromatic heterocycles. The van der Waals surface area contributed by atoms with Crippen molar-refractivity contribution >= 4 is 44.0 Å². The van der Waals surface area contributed by atoms with Gasteiger partial charge in [0.05, 0.1) is 0 Å². The van der Waals surface area contributed by atoms with E-state index in [9.17, 15) is 5.11 Å². The molecule has 1 saturated heterocycles. The molecule has 4 nitrogen and oxygen atoms in total. The number of fused-ring (bicyclic) bond motifs is 1. The van der Waals surface area contributed by atoms with Crippen molar-refractivity contribution in [1.29, 1.82) is 0 Å². The number of aliphatic hydroxyl groups is 1. The summed E-state index contributed by atoms with van der Waals surface area (Å²) in [4.78, 5) is 4.66. The number of halogens is 2. The number of benzene rings is 3. The first-order chi connectivity index (χ1) is 14.5. The second-order valence-electron chi connectivity index (χ2n) is 7.79. The van der Waals surface area contributed by atoms with Crippen molar-refractivity contribution in [3.8, 4) is 5.75 Å². The third-order valence-electron chi connectivity index (χ3n) is 5.64. The van der Waals surface area contributed by atoms with Crippen LogP contribution >= 0.6 is 27.5 Å². The predicted octanol–water partition coefficient (Wildman–Crippen LogP) is 5.13. The van der Waals surface area contributed by atoms with E-state index >= 15 is 0 Å². The molecule has 3 aromatic carbocycles.